The van der Waals surface area contributed by atoms with Gasteiger partial charge in [-0.2, -0.15) is 0 Å². The molecule has 1 aromatic heterocycles. The van der Waals surface area contributed by atoms with Crippen molar-refractivity contribution in [2.45, 2.75) is 13.5 Å². The van der Waals surface area contributed by atoms with E-state index in [1.807, 2.05) is 65.7 Å². The molecular weight excluding hydrogens is 406 g/mol. The summed E-state index contributed by atoms with van der Waals surface area (Å²) in [6.07, 6.45) is 0. The summed E-state index contributed by atoms with van der Waals surface area (Å²) in [6, 6.07) is 15.2. The summed E-state index contributed by atoms with van der Waals surface area (Å²) in [6.45, 7) is 5.29. The molecule has 1 amide bonds. The average Bonchev–Trinajstić information content (AvgIpc) is 3.18. The summed E-state index contributed by atoms with van der Waals surface area (Å²) in [5.74, 6) is 0.781. The van der Waals surface area contributed by atoms with Crippen LogP contribution in [0, 0.1) is 6.92 Å². The number of hydrogen-bond acceptors (Lipinski definition) is 5. The molecule has 0 atom stereocenters. The van der Waals surface area contributed by atoms with Crippen LogP contribution in [-0.4, -0.2) is 42.0 Å². The Morgan fingerprint density at radius 3 is 2.48 bits per heavy atom. The van der Waals surface area contributed by atoms with Crippen LogP contribution in [0.4, 0.5) is 5.69 Å². The van der Waals surface area contributed by atoms with Crippen molar-refractivity contribution in [2.24, 2.45) is 0 Å². The topological polar surface area (TPSA) is 45.7 Å². The standard InChI is InChI=1S/C22H22ClN3O2S/c1-16-15-29-21(24-16)14-28-18-8-6-17(7-9-18)22(27)26-12-10-25(11-13-26)20-5-3-2-4-19(20)23/h2-9,15H,10-14H2,1H3. The SMILES string of the molecule is Cc1csc(COc2ccc(C(=O)N3CCN(c4ccccc4Cl)CC3)cc2)n1. The van der Waals surface area contributed by atoms with Gasteiger partial charge in [-0.3, -0.25) is 4.79 Å². The third-order valence-electron chi connectivity index (χ3n) is 4.89. The number of para-hydroxylation sites is 1. The van der Waals surface area contributed by atoms with Gasteiger partial charge in [0.2, 0.25) is 0 Å². The predicted octanol–water partition coefficient (Wildman–Crippen LogP) is 4.65. The number of nitrogens with zero attached hydrogens (tertiary/aromatic N) is 3. The lowest BCUT2D eigenvalue weighted by Gasteiger charge is -2.36. The van der Waals surface area contributed by atoms with E-state index in [2.05, 4.69) is 9.88 Å². The highest BCUT2D eigenvalue weighted by atomic mass is 35.5. The van der Waals surface area contributed by atoms with Gasteiger partial charge >= 0.3 is 0 Å². The second-order valence-electron chi connectivity index (χ2n) is 6.93. The molecule has 150 valence electrons. The summed E-state index contributed by atoms with van der Waals surface area (Å²) >= 11 is 7.88. The molecule has 0 radical (unpaired) electrons. The van der Waals surface area contributed by atoms with Gasteiger partial charge in [0.05, 0.1) is 10.7 Å². The lowest BCUT2D eigenvalue weighted by atomic mass is 10.1. The zero-order chi connectivity index (χ0) is 20.2. The van der Waals surface area contributed by atoms with Crippen molar-refractivity contribution in [1.82, 2.24) is 9.88 Å². The third kappa shape index (κ3) is 4.71. The molecule has 29 heavy (non-hydrogen) atoms. The fourth-order valence-electron chi connectivity index (χ4n) is 3.35. The van der Waals surface area contributed by atoms with Crippen LogP contribution in [0.1, 0.15) is 21.1 Å². The molecule has 1 aliphatic heterocycles. The van der Waals surface area contributed by atoms with E-state index in [1.54, 1.807) is 11.3 Å². The maximum atomic E-state index is 12.8. The van der Waals surface area contributed by atoms with Crippen LogP contribution in [0.25, 0.3) is 0 Å². The number of hydrogen-bond donors (Lipinski definition) is 0. The number of ether oxygens (including phenoxy) is 1. The number of rotatable bonds is 5. The minimum Gasteiger partial charge on any atom is -0.486 e. The molecule has 0 bridgehead atoms. The lowest BCUT2D eigenvalue weighted by molar-refractivity contribution is 0.0746. The second kappa shape index (κ2) is 8.84. The van der Waals surface area contributed by atoms with E-state index in [9.17, 15) is 4.79 Å². The summed E-state index contributed by atoms with van der Waals surface area (Å²) in [5, 5.41) is 3.70. The van der Waals surface area contributed by atoms with E-state index < -0.39 is 0 Å². The van der Waals surface area contributed by atoms with E-state index in [0.717, 1.165) is 40.3 Å². The van der Waals surface area contributed by atoms with Crippen molar-refractivity contribution >= 4 is 34.5 Å². The predicted molar refractivity (Wildman–Crippen MR) is 117 cm³/mol. The molecule has 4 rings (SSSR count). The Morgan fingerprint density at radius 2 is 1.83 bits per heavy atom. The first-order chi connectivity index (χ1) is 14.1. The Kier molecular flexibility index (Phi) is 6.02. The lowest BCUT2D eigenvalue weighted by Crippen LogP contribution is -2.48. The minimum atomic E-state index is 0.0471. The number of piperazine rings is 1. The van der Waals surface area contributed by atoms with E-state index >= 15 is 0 Å². The summed E-state index contributed by atoms with van der Waals surface area (Å²) in [7, 11) is 0. The third-order valence-corrected chi connectivity index (χ3v) is 6.15. The first-order valence-corrected chi connectivity index (χ1v) is 10.8. The Balaban J connectivity index is 1.32. The maximum Gasteiger partial charge on any atom is 0.253 e. The molecule has 0 unspecified atom stereocenters. The highest BCUT2D eigenvalue weighted by molar-refractivity contribution is 7.09. The molecule has 0 N–H and O–H groups in total. The van der Waals surface area contributed by atoms with Crippen LogP contribution >= 0.6 is 22.9 Å². The number of carbonyl (C=O) groups excluding carboxylic acids is 1. The van der Waals surface area contributed by atoms with Gasteiger partial charge in [-0.25, -0.2) is 4.98 Å². The monoisotopic (exact) mass is 427 g/mol. The minimum absolute atomic E-state index is 0.0471. The molecule has 2 heterocycles. The van der Waals surface area contributed by atoms with Crippen molar-refractivity contribution in [2.75, 3.05) is 31.1 Å². The molecule has 0 saturated carbocycles. The highest BCUT2D eigenvalue weighted by Gasteiger charge is 2.23. The largest absolute Gasteiger partial charge is 0.486 e. The molecule has 7 heteroatoms. The molecule has 0 spiro atoms. The van der Waals surface area contributed by atoms with E-state index in [0.29, 0.717) is 25.3 Å². The van der Waals surface area contributed by atoms with Crippen molar-refractivity contribution < 1.29 is 9.53 Å². The van der Waals surface area contributed by atoms with Gasteiger partial charge in [0.15, 0.2) is 0 Å². The van der Waals surface area contributed by atoms with Gasteiger partial charge in [-0.1, -0.05) is 23.7 Å². The van der Waals surface area contributed by atoms with Crippen molar-refractivity contribution in [1.29, 1.82) is 0 Å². The number of halogens is 1. The number of carbonyl (C=O) groups is 1. The number of benzene rings is 2. The number of aryl methyl sites for hydroxylation is 1. The van der Waals surface area contributed by atoms with Crippen molar-refractivity contribution in [3.63, 3.8) is 0 Å². The number of aromatic nitrogens is 1. The van der Waals surface area contributed by atoms with Crippen LogP contribution in [0.5, 0.6) is 5.75 Å². The fraction of sp³-hybridized carbons (Fsp3) is 0.273. The summed E-state index contributed by atoms with van der Waals surface area (Å²) in [4.78, 5) is 21.3. The van der Waals surface area contributed by atoms with Gasteiger partial charge < -0.3 is 14.5 Å². The van der Waals surface area contributed by atoms with Gasteiger partial charge in [0.25, 0.3) is 5.91 Å². The van der Waals surface area contributed by atoms with Gasteiger partial charge in [0, 0.05) is 42.8 Å². The van der Waals surface area contributed by atoms with Gasteiger partial charge in [-0.15, -0.1) is 11.3 Å². The van der Waals surface area contributed by atoms with Crippen molar-refractivity contribution in [3.8, 4) is 5.75 Å². The normalized spacial score (nSPS) is 14.1. The molecule has 3 aromatic rings. The highest BCUT2D eigenvalue weighted by Crippen LogP contribution is 2.26. The van der Waals surface area contributed by atoms with E-state index in [1.165, 1.54) is 0 Å². The van der Waals surface area contributed by atoms with Crippen LogP contribution < -0.4 is 9.64 Å². The number of anilines is 1. The summed E-state index contributed by atoms with van der Waals surface area (Å²) in [5.41, 5.74) is 2.70. The smallest absolute Gasteiger partial charge is 0.253 e. The Bertz CT molecular complexity index is 982. The van der Waals surface area contributed by atoms with E-state index in [4.69, 9.17) is 16.3 Å². The van der Waals surface area contributed by atoms with Crippen LogP contribution in [0.2, 0.25) is 5.02 Å². The molecule has 0 aliphatic carbocycles. The zero-order valence-electron chi connectivity index (χ0n) is 16.2. The van der Waals surface area contributed by atoms with Crippen LogP contribution in [0.15, 0.2) is 53.9 Å². The average molecular weight is 428 g/mol. The Labute approximate surface area is 179 Å². The molecule has 1 fully saturated rings. The molecule has 2 aromatic carbocycles. The van der Waals surface area contributed by atoms with E-state index in [-0.39, 0.29) is 5.91 Å². The Hall–Kier alpha value is -2.57. The molecule has 5 nitrogen and oxygen atoms in total. The molecule has 1 saturated heterocycles. The van der Waals surface area contributed by atoms with Crippen LogP contribution in [-0.2, 0) is 6.61 Å². The van der Waals surface area contributed by atoms with Crippen molar-refractivity contribution in [3.05, 3.63) is 75.2 Å². The van der Waals surface area contributed by atoms with Gasteiger partial charge in [0.1, 0.15) is 17.4 Å². The summed E-state index contributed by atoms with van der Waals surface area (Å²) < 4.78 is 5.76. The first kappa shape index (κ1) is 19.7. The Morgan fingerprint density at radius 1 is 1.10 bits per heavy atom. The first-order valence-electron chi connectivity index (χ1n) is 9.53. The second-order valence-corrected chi connectivity index (χ2v) is 8.28. The van der Waals surface area contributed by atoms with Crippen LogP contribution in [0.3, 0.4) is 0 Å². The maximum absolute atomic E-state index is 12.8. The number of amides is 1. The quantitative estimate of drug-likeness (QED) is 0.594. The molecular formula is C22H22ClN3O2S. The fourth-order valence-corrected chi connectivity index (χ4v) is 4.29. The molecule has 1 aliphatic rings. The zero-order valence-corrected chi connectivity index (χ0v) is 17.7. The van der Waals surface area contributed by atoms with Gasteiger partial charge in [-0.05, 0) is 43.3 Å². The number of thiazole rings is 1.